The molecule has 1 saturated heterocycles. The third-order valence-electron chi connectivity index (χ3n) is 3.89. The van der Waals surface area contributed by atoms with Crippen LogP contribution in [0.1, 0.15) is 18.4 Å². The van der Waals surface area contributed by atoms with E-state index in [1.165, 1.54) is 12.3 Å². The summed E-state index contributed by atoms with van der Waals surface area (Å²) in [6.45, 7) is 1.11. The Bertz CT molecular complexity index is 736. The van der Waals surface area contributed by atoms with Gasteiger partial charge >= 0.3 is 6.18 Å². The maximum atomic E-state index is 13.4. The van der Waals surface area contributed by atoms with Gasteiger partial charge in [0, 0.05) is 24.8 Å². The highest BCUT2D eigenvalue weighted by Gasteiger charge is 2.34. The molecule has 2 heterocycles. The quantitative estimate of drug-likeness (QED) is 0.852. The summed E-state index contributed by atoms with van der Waals surface area (Å²) in [5.74, 6) is -0.726. The van der Waals surface area contributed by atoms with E-state index < -0.39 is 23.7 Å². The minimum absolute atomic E-state index is 0.0815. The van der Waals surface area contributed by atoms with Gasteiger partial charge < -0.3 is 10.0 Å². The molecule has 8 heteroatoms. The summed E-state index contributed by atoms with van der Waals surface area (Å²) in [6.07, 6.45) is -2.29. The molecule has 0 amide bonds. The van der Waals surface area contributed by atoms with Gasteiger partial charge in [-0.15, -0.1) is 0 Å². The van der Waals surface area contributed by atoms with Gasteiger partial charge in [-0.2, -0.15) is 13.2 Å². The average molecular weight is 341 g/mol. The Morgan fingerprint density at radius 2 is 2.00 bits per heavy atom. The first-order chi connectivity index (χ1) is 11.3. The fourth-order valence-electron chi connectivity index (χ4n) is 2.71. The van der Waals surface area contributed by atoms with Crippen molar-refractivity contribution in [3.05, 3.63) is 41.8 Å². The number of aliphatic hydroxyl groups is 1. The van der Waals surface area contributed by atoms with Crippen LogP contribution in [0.2, 0.25) is 0 Å². The van der Waals surface area contributed by atoms with Crippen molar-refractivity contribution in [2.24, 2.45) is 0 Å². The predicted molar refractivity (Wildman–Crippen MR) is 79.9 cm³/mol. The molecule has 2 aromatic rings. The molecule has 0 aliphatic carbocycles. The second-order valence-electron chi connectivity index (χ2n) is 5.67. The lowest BCUT2D eigenvalue weighted by atomic mass is 10.1. The van der Waals surface area contributed by atoms with Crippen molar-refractivity contribution < 1.29 is 22.7 Å². The van der Waals surface area contributed by atoms with Crippen molar-refractivity contribution in [2.75, 3.05) is 18.0 Å². The van der Waals surface area contributed by atoms with E-state index in [1.54, 1.807) is 6.07 Å². The number of nitrogens with zero attached hydrogens (tertiary/aromatic N) is 3. The highest BCUT2D eigenvalue weighted by atomic mass is 19.4. The zero-order valence-electron chi connectivity index (χ0n) is 12.6. The Hall–Kier alpha value is -2.22. The summed E-state index contributed by atoms with van der Waals surface area (Å²) in [5.41, 5.74) is -1.26. The van der Waals surface area contributed by atoms with Crippen molar-refractivity contribution in [3.63, 3.8) is 0 Å². The number of hydrogen-bond acceptors (Lipinski definition) is 4. The molecule has 1 fully saturated rings. The van der Waals surface area contributed by atoms with E-state index in [0.717, 1.165) is 12.5 Å². The van der Waals surface area contributed by atoms with Crippen LogP contribution in [0.15, 0.2) is 30.5 Å². The maximum absolute atomic E-state index is 13.4. The highest BCUT2D eigenvalue weighted by molar-refractivity contribution is 5.59. The largest absolute Gasteiger partial charge is 0.419 e. The normalized spacial score (nSPS) is 18.7. The fraction of sp³-hybridized carbons (Fsp3) is 0.375. The Morgan fingerprint density at radius 3 is 2.71 bits per heavy atom. The van der Waals surface area contributed by atoms with Crippen LogP contribution >= 0.6 is 0 Å². The standard InChI is InChI=1S/C16H15F4N3O/c17-13-4-3-10(8-12(13)16(18,19)20)15-21-6-5-14(22-15)23-7-1-2-11(24)9-23/h3-6,8,11,24H,1-2,7,9H2/t11-/m0/s1. The molecule has 1 atom stereocenters. The summed E-state index contributed by atoms with van der Waals surface area (Å²) >= 11 is 0. The molecule has 3 rings (SSSR count). The van der Waals surface area contributed by atoms with Crippen molar-refractivity contribution in [1.29, 1.82) is 0 Å². The molecule has 1 aliphatic heterocycles. The van der Waals surface area contributed by atoms with Gasteiger partial charge in [-0.3, -0.25) is 0 Å². The number of aliphatic hydroxyl groups excluding tert-OH is 1. The number of aromatic nitrogens is 2. The van der Waals surface area contributed by atoms with Crippen molar-refractivity contribution in [1.82, 2.24) is 9.97 Å². The fourth-order valence-corrected chi connectivity index (χ4v) is 2.71. The van der Waals surface area contributed by atoms with Gasteiger partial charge in [0.25, 0.3) is 0 Å². The lowest BCUT2D eigenvalue weighted by Gasteiger charge is -2.31. The molecule has 0 saturated carbocycles. The molecule has 4 nitrogen and oxygen atoms in total. The van der Waals surface area contributed by atoms with E-state index >= 15 is 0 Å². The topological polar surface area (TPSA) is 49.2 Å². The van der Waals surface area contributed by atoms with Crippen molar-refractivity contribution >= 4 is 5.82 Å². The SMILES string of the molecule is O[C@H]1CCCN(c2ccnc(-c3ccc(F)c(C(F)(F)F)c3)n2)C1. The van der Waals surface area contributed by atoms with Gasteiger partial charge in [0.05, 0.1) is 11.7 Å². The Balaban J connectivity index is 1.94. The molecule has 0 spiro atoms. The first-order valence-electron chi connectivity index (χ1n) is 7.48. The minimum Gasteiger partial charge on any atom is -0.391 e. The molecule has 1 aromatic heterocycles. The third kappa shape index (κ3) is 3.48. The van der Waals surface area contributed by atoms with E-state index in [2.05, 4.69) is 9.97 Å². The number of anilines is 1. The van der Waals surface area contributed by atoms with E-state index in [-0.39, 0.29) is 11.4 Å². The molecular weight excluding hydrogens is 326 g/mol. The van der Waals surface area contributed by atoms with Crippen LogP contribution in [-0.4, -0.2) is 34.3 Å². The van der Waals surface area contributed by atoms with E-state index in [0.29, 0.717) is 31.4 Å². The number of halogens is 4. The predicted octanol–water partition coefficient (Wildman–Crippen LogP) is 3.26. The Labute approximate surface area is 135 Å². The van der Waals surface area contributed by atoms with Crippen LogP contribution in [0, 0.1) is 5.82 Å². The van der Waals surface area contributed by atoms with Gasteiger partial charge in [-0.05, 0) is 37.1 Å². The monoisotopic (exact) mass is 341 g/mol. The van der Waals surface area contributed by atoms with E-state index in [1.807, 2.05) is 4.90 Å². The van der Waals surface area contributed by atoms with E-state index in [9.17, 15) is 22.7 Å². The summed E-state index contributed by atoms with van der Waals surface area (Å²) in [7, 11) is 0. The van der Waals surface area contributed by atoms with Crippen LogP contribution in [-0.2, 0) is 6.18 Å². The molecule has 1 N–H and O–H groups in total. The molecular formula is C16H15F4N3O. The maximum Gasteiger partial charge on any atom is 0.419 e. The third-order valence-corrected chi connectivity index (χ3v) is 3.89. The number of rotatable bonds is 2. The summed E-state index contributed by atoms with van der Waals surface area (Å²) < 4.78 is 51.9. The van der Waals surface area contributed by atoms with Crippen molar-refractivity contribution in [3.8, 4) is 11.4 Å². The van der Waals surface area contributed by atoms with Crippen molar-refractivity contribution in [2.45, 2.75) is 25.1 Å². The number of β-amino-alcohol motifs (C(OH)–C–C–N with tert-alkyl or cyclic N) is 1. The van der Waals surface area contributed by atoms with Crippen LogP contribution in [0.5, 0.6) is 0 Å². The van der Waals surface area contributed by atoms with E-state index in [4.69, 9.17) is 0 Å². The minimum atomic E-state index is -4.78. The van der Waals surface area contributed by atoms with Gasteiger partial charge in [0.15, 0.2) is 5.82 Å². The number of alkyl halides is 3. The van der Waals surface area contributed by atoms with Crippen LogP contribution in [0.25, 0.3) is 11.4 Å². The zero-order chi connectivity index (χ0) is 17.3. The Morgan fingerprint density at radius 1 is 1.21 bits per heavy atom. The molecule has 0 radical (unpaired) electrons. The first kappa shape index (κ1) is 16.6. The Kier molecular flexibility index (Phi) is 4.40. The average Bonchev–Trinajstić information content (AvgIpc) is 2.54. The number of benzene rings is 1. The zero-order valence-corrected chi connectivity index (χ0v) is 12.6. The lowest BCUT2D eigenvalue weighted by molar-refractivity contribution is -0.139. The highest BCUT2D eigenvalue weighted by Crippen LogP contribution is 2.33. The second-order valence-corrected chi connectivity index (χ2v) is 5.67. The summed E-state index contributed by atoms with van der Waals surface area (Å²) in [6, 6.07) is 4.32. The second kappa shape index (κ2) is 6.35. The number of hydrogen-bond donors (Lipinski definition) is 1. The van der Waals surface area contributed by atoms with Gasteiger partial charge in [-0.25, -0.2) is 14.4 Å². The molecule has 0 unspecified atom stereocenters. The molecule has 128 valence electrons. The van der Waals surface area contributed by atoms with Gasteiger partial charge in [0.2, 0.25) is 0 Å². The molecule has 0 bridgehead atoms. The smallest absolute Gasteiger partial charge is 0.391 e. The van der Waals surface area contributed by atoms with Crippen LogP contribution in [0.3, 0.4) is 0 Å². The first-order valence-corrected chi connectivity index (χ1v) is 7.48. The lowest BCUT2D eigenvalue weighted by Crippen LogP contribution is -2.38. The summed E-state index contributed by atoms with van der Waals surface area (Å²) in [5, 5.41) is 9.73. The molecule has 24 heavy (non-hydrogen) atoms. The number of piperidine rings is 1. The molecule has 1 aliphatic rings. The summed E-state index contributed by atoms with van der Waals surface area (Å²) in [4.78, 5) is 10.1. The van der Waals surface area contributed by atoms with Gasteiger partial charge in [-0.1, -0.05) is 0 Å². The van der Waals surface area contributed by atoms with Gasteiger partial charge in [0.1, 0.15) is 11.6 Å². The van der Waals surface area contributed by atoms with Crippen LogP contribution in [0.4, 0.5) is 23.4 Å². The van der Waals surface area contributed by atoms with Crippen LogP contribution < -0.4 is 4.90 Å². The molecule has 1 aromatic carbocycles.